The number of nitrogens with one attached hydrogen (secondary N) is 1. The van der Waals surface area contributed by atoms with Crippen LogP contribution >= 0.6 is 0 Å². The van der Waals surface area contributed by atoms with Crippen LogP contribution in [0.3, 0.4) is 0 Å². The van der Waals surface area contributed by atoms with Crippen LogP contribution in [0, 0.1) is 16.7 Å². The maximum Gasteiger partial charge on any atom is 0.423 e. The van der Waals surface area contributed by atoms with Crippen molar-refractivity contribution in [2.75, 3.05) is 62.8 Å². The predicted octanol–water partition coefficient (Wildman–Crippen LogP) is 3.20. The molecule has 5 rings (SSSR count). The maximum absolute atomic E-state index is 12.7. The summed E-state index contributed by atoms with van der Waals surface area (Å²) < 4.78 is 43.1. The SMILES string of the molecule is COCCC(=O)N1CCC2(CCN(c3ccc(C#N)cn3)CC2)C1.O=c1[nH]ncc(N2CCCC2)c1C(F)(F)F. The largest absolute Gasteiger partial charge is 0.423 e. The van der Waals surface area contributed by atoms with Crippen molar-refractivity contribution >= 4 is 17.4 Å². The van der Waals surface area contributed by atoms with E-state index in [0.29, 0.717) is 31.7 Å². The van der Waals surface area contributed by atoms with E-state index in [4.69, 9.17) is 10.00 Å². The molecule has 3 fully saturated rings. The summed E-state index contributed by atoms with van der Waals surface area (Å²) in [6.07, 6.45) is 3.48. The second kappa shape index (κ2) is 12.7. The number of alkyl halides is 3. The molecule has 1 amide bonds. The number of pyridine rings is 1. The van der Waals surface area contributed by atoms with Crippen molar-refractivity contribution in [3.05, 3.63) is 46.0 Å². The van der Waals surface area contributed by atoms with Crippen molar-refractivity contribution in [1.29, 1.82) is 5.26 Å². The van der Waals surface area contributed by atoms with Gasteiger partial charge in [-0.3, -0.25) is 9.59 Å². The quantitative estimate of drug-likeness (QED) is 0.592. The van der Waals surface area contributed by atoms with Crippen LogP contribution in [0.15, 0.2) is 29.3 Å². The lowest BCUT2D eigenvalue weighted by Crippen LogP contribution is -2.42. The number of piperidine rings is 1. The van der Waals surface area contributed by atoms with Crippen molar-refractivity contribution in [3.63, 3.8) is 0 Å². The number of amides is 1. The van der Waals surface area contributed by atoms with Crippen LogP contribution in [-0.2, 0) is 15.7 Å². The van der Waals surface area contributed by atoms with Crippen LogP contribution in [-0.4, -0.2) is 79.0 Å². The zero-order valence-electron chi connectivity index (χ0n) is 22.5. The van der Waals surface area contributed by atoms with E-state index in [1.54, 1.807) is 18.2 Å². The molecule has 13 heteroatoms. The monoisotopic (exact) mass is 561 g/mol. The maximum atomic E-state index is 12.7. The normalized spacial score (nSPS) is 18.4. The lowest BCUT2D eigenvalue weighted by atomic mass is 9.78. The average Bonchev–Trinajstić information content (AvgIpc) is 3.63. The lowest BCUT2D eigenvalue weighted by Gasteiger charge is -2.39. The van der Waals surface area contributed by atoms with Crippen LogP contribution in [0.4, 0.5) is 24.7 Å². The fraction of sp³-hybridized carbons (Fsp3) is 0.593. The molecule has 0 atom stereocenters. The fourth-order valence-corrected chi connectivity index (χ4v) is 5.61. The van der Waals surface area contributed by atoms with E-state index in [1.807, 2.05) is 22.1 Å². The Morgan fingerprint density at radius 2 is 1.80 bits per heavy atom. The molecule has 3 saturated heterocycles. The minimum atomic E-state index is -4.64. The first-order valence-corrected chi connectivity index (χ1v) is 13.4. The topological polar surface area (TPSA) is 118 Å². The van der Waals surface area contributed by atoms with E-state index in [2.05, 4.69) is 21.1 Å². The molecule has 5 heterocycles. The summed E-state index contributed by atoms with van der Waals surface area (Å²) in [4.78, 5) is 33.6. The van der Waals surface area contributed by atoms with E-state index >= 15 is 0 Å². The number of halogens is 3. The third kappa shape index (κ3) is 6.91. The molecule has 0 aliphatic carbocycles. The van der Waals surface area contributed by atoms with Gasteiger partial charge in [0.25, 0.3) is 5.56 Å². The third-order valence-electron chi connectivity index (χ3n) is 7.90. The Bertz CT molecular complexity index is 1250. The van der Waals surface area contributed by atoms with Crippen LogP contribution < -0.4 is 15.4 Å². The number of likely N-dealkylation sites (tertiary alicyclic amines) is 1. The first-order chi connectivity index (χ1) is 19.2. The zero-order chi connectivity index (χ0) is 28.8. The number of hydrogen-bond donors (Lipinski definition) is 1. The number of aromatic nitrogens is 3. The van der Waals surface area contributed by atoms with Gasteiger partial charge in [0.05, 0.1) is 30.5 Å². The minimum absolute atomic E-state index is 0.117. The Morgan fingerprint density at radius 1 is 1.10 bits per heavy atom. The summed E-state index contributed by atoms with van der Waals surface area (Å²) in [6.45, 7) is 5.24. The molecule has 2 aromatic heterocycles. The number of nitrogens with zero attached hydrogens (tertiary/aromatic N) is 6. The summed E-state index contributed by atoms with van der Waals surface area (Å²) in [7, 11) is 1.63. The molecule has 0 saturated carbocycles. The number of ether oxygens (including phenoxy) is 1. The second-order valence-electron chi connectivity index (χ2n) is 10.5. The Balaban J connectivity index is 0.000000201. The number of methoxy groups -OCH3 is 1. The fourth-order valence-electron chi connectivity index (χ4n) is 5.61. The van der Waals surface area contributed by atoms with Crippen LogP contribution in [0.5, 0.6) is 0 Å². The van der Waals surface area contributed by atoms with Crippen LogP contribution in [0.2, 0.25) is 0 Å². The smallest absolute Gasteiger partial charge is 0.384 e. The van der Waals surface area contributed by atoms with Gasteiger partial charge >= 0.3 is 6.18 Å². The Morgan fingerprint density at radius 3 is 2.40 bits per heavy atom. The molecule has 40 heavy (non-hydrogen) atoms. The molecule has 0 bridgehead atoms. The number of carbonyl (C=O) groups is 1. The number of rotatable bonds is 5. The molecule has 0 unspecified atom stereocenters. The predicted molar refractivity (Wildman–Crippen MR) is 142 cm³/mol. The summed E-state index contributed by atoms with van der Waals surface area (Å²) in [6, 6.07) is 5.84. The molecule has 1 N–H and O–H groups in total. The molecule has 0 aromatic carbocycles. The Kier molecular flexibility index (Phi) is 9.29. The van der Waals surface area contributed by atoms with Gasteiger partial charge in [0.15, 0.2) is 0 Å². The molecule has 3 aliphatic rings. The molecule has 1 spiro atoms. The molecular formula is C27H34F3N7O3. The summed E-state index contributed by atoms with van der Waals surface area (Å²) >= 11 is 0. The molecule has 2 aromatic rings. The van der Waals surface area contributed by atoms with E-state index < -0.39 is 17.3 Å². The second-order valence-corrected chi connectivity index (χ2v) is 10.5. The van der Waals surface area contributed by atoms with E-state index in [9.17, 15) is 22.8 Å². The van der Waals surface area contributed by atoms with Crippen molar-refractivity contribution in [1.82, 2.24) is 20.1 Å². The highest BCUT2D eigenvalue weighted by Gasteiger charge is 2.42. The van der Waals surface area contributed by atoms with Crippen LogP contribution in [0.25, 0.3) is 0 Å². The van der Waals surface area contributed by atoms with Gasteiger partial charge in [0, 0.05) is 52.6 Å². The van der Waals surface area contributed by atoms with Gasteiger partial charge in [-0.2, -0.15) is 23.5 Å². The van der Waals surface area contributed by atoms with Crippen molar-refractivity contribution in [2.24, 2.45) is 5.41 Å². The molecule has 3 aliphatic heterocycles. The van der Waals surface area contributed by atoms with Crippen molar-refractivity contribution < 1.29 is 22.7 Å². The first-order valence-electron chi connectivity index (χ1n) is 13.4. The molecule has 10 nitrogen and oxygen atoms in total. The highest BCUT2D eigenvalue weighted by atomic mass is 19.4. The number of nitriles is 1. The Hall–Kier alpha value is -3.66. The van der Waals surface area contributed by atoms with Gasteiger partial charge in [-0.1, -0.05) is 0 Å². The molecular weight excluding hydrogens is 527 g/mol. The highest BCUT2D eigenvalue weighted by molar-refractivity contribution is 5.76. The zero-order valence-corrected chi connectivity index (χ0v) is 22.5. The van der Waals surface area contributed by atoms with Crippen molar-refractivity contribution in [3.8, 4) is 6.07 Å². The van der Waals surface area contributed by atoms with Gasteiger partial charge in [-0.25, -0.2) is 10.1 Å². The highest BCUT2D eigenvalue weighted by Crippen LogP contribution is 2.41. The summed E-state index contributed by atoms with van der Waals surface area (Å²) in [5.74, 6) is 1.15. The number of anilines is 2. The number of carbonyl (C=O) groups excluding carboxylic acids is 1. The minimum Gasteiger partial charge on any atom is -0.384 e. The average molecular weight is 562 g/mol. The molecule has 0 radical (unpaired) electrons. The summed E-state index contributed by atoms with van der Waals surface area (Å²) in [5.41, 5.74) is -1.59. The van der Waals surface area contributed by atoms with E-state index in [0.717, 1.165) is 70.3 Å². The van der Waals surface area contributed by atoms with Crippen molar-refractivity contribution in [2.45, 2.75) is 44.7 Å². The van der Waals surface area contributed by atoms with Gasteiger partial charge in [0.1, 0.15) is 17.5 Å². The summed E-state index contributed by atoms with van der Waals surface area (Å²) in [5, 5.41) is 14.1. The number of hydrogen-bond acceptors (Lipinski definition) is 8. The lowest BCUT2D eigenvalue weighted by molar-refractivity contribution is -0.138. The number of aromatic amines is 1. The van der Waals surface area contributed by atoms with E-state index in [-0.39, 0.29) is 17.0 Å². The third-order valence-corrected chi connectivity index (χ3v) is 7.90. The first kappa shape index (κ1) is 29.3. The van der Waals surface area contributed by atoms with E-state index in [1.165, 1.54) is 0 Å². The van der Waals surface area contributed by atoms with Gasteiger partial charge in [-0.15, -0.1) is 0 Å². The standard InChI is InChI=1S/C18H24N4O2.C9H10F3N3O/c1-24-11-4-17(23)22-10-7-18(14-22)5-8-21(9-6-18)16-3-2-15(12-19)13-20-16;10-9(11,12)7-6(5-13-14-8(7)16)15-3-1-2-4-15/h2-3,13H,4-11,14H2,1H3;5H,1-4H2,(H,14,16). The van der Waals surface area contributed by atoms with Gasteiger partial charge in [0.2, 0.25) is 5.91 Å². The van der Waals surface area contributed by atoms with Gasteiger partial charge in [-0.05, 0) is 49.7 Å². The Labute approximate surface area is 230 Å². The molecule has 216 valence electrons. The number of H-pyrrole nitrogens is 1. The van der Waals surface area contributed by atoms with Gasteiger partial charge < -0.3 is 19.4 Å². The van der Waals surface area contributed by atoms with Crippen LogP contribution in [0.1, 0.15) is 49.7 Å².